The van der Waals surface area contributed by atoms with Crippen LogP contribution < -0.4 is 4.90 Å². The first-order valence-electron chi connectivity index (χ1n) is 9.43. The molecule has 0 saturated carbocycles. The molecule has 1 fully saturated rings. The van der Waals surface area contributed by atoms with Crippen molar-refractivity contribution in [1.29, 1.82) is 0 Å². The fourth-order valence-corrected chi connectivity index (χ4v) is 3.09. The molecule has 0 aromatic heterocycles. The molecule has 150 valence electrons. The van der Waals surface area contributed by atoms with E-state index in [0.717, 1.165) is 10.5 Å². The minimum absolute atomic E-state index is 0.0167. The highest BCUT2D eigenvalue weighted by Crippen LogP contribution is 2.24. The number of ether oxygens (including phenoxy) is 1. The van der Waals surface area contributed by atoms with Gasteiger partial charge in [0.05, 0.1) is 11.3 Å². The Labute approximate surface area is 169 Å². The van der Waals surface area contributed by atoms with Crippen molar-refractivity contribution < 1.29 is 23.9 Å². The first-order valence-corrected chi connectivity index (χ1v) is 9.43. The summed E-state index contributed by atoms with van der Waals surface area (Å²) in [4.78, 5) is 49.5. The van der Waals surface area contributed by atoms with E-state index in [1.54, 1.807) is 24.3 Å². The van der Waals surface area contributed by atoms with Gasteiger partial charge in [0.1, 0.15) is 0 Å². The lowest BCUT2D eigenvalue weighted by Gasteiger charge is -2.19. The number of Topliss-reactive ketones (excluding diaryl/α,β-unsaturated/α-hetero) is 1. The molecular weight excluding hydrogens is 370 g/mol. The number of anilines is 1. The molecule has 2 amide bonds. The number of ketones is 1. The number of benzene rings is 2. The van der Waals surface area contributed by atoms with Crippen molar-refractivity contribution in [3.8, 4) is 0 Å². The van der Waals surface area contributed by atoms with Gasteiger partial charge in [-0.1, -0.05) is 51.1 Å². The minimum Gasteiger partial charge on any atom is -0.454 e. The van der Waals surface area contributed by atoms with Gasteiger partial charge in [0.2, 0.25) is 11.8 Å². The summed E-state index contributed by atoms with van der Waals surface area (Å²) in [5.41, 5.74) is 2.06. The number of esters is 1. The van der Waals surface area contributed by atoms with Crippen molar-refractivity contribution in [2.75, 3.05) is 11.5 Å². The fourth-order valence-electron chi connectivity index (χ4n) is 3.09. The Morgan fingerprint density at radius 1 is 0.931 bits per heavy atom. The molecule has 6 heteroatoms. The number of rotatable bonds is 5. The largest absolute Gasteiger partial charge is 0.454 e. The highest BCUT2D eigenvalue weighted by molar-refractivity contribution is 6.20. The van der Waals surface area contributed by atoms with E-state index in [1.165, 1.54) is 12.1 Å². The van der Waals surface area contributed by atoms with Gasteiger partial charge in [-0.3, -0.25) is 19.3 Å². The van der Waals surface area contributed by atoms with E-state index in [9.17, 15) is 19.2 Å². The number of amides is 2. The number of carbonyl (C=O) groups excluding carboxylic acids is 4. The Balaban J connectivity index is 1.65. The van der Waals surface area contributed by atoms with E-state index in [-0.39, 0.29) is 48.0 Å². The number of hydrogen-bond acceptors (Lipinski definition) is 5. The van der Waals surface area contributed by atoms with Crippen LogP contribution in [0.3, 0.4) is 0 Å². The summed E-state index contributed by atoms with van der Waals surface area (Å²) < 4.78 is 5.14. The standard InChI is InChI=1S/C23H23NO5/c1-23(2,3)17-9-7-15(8-10-17)19(25)14-29-22(28)16-5-4-6-18(13-16)24-20(26)11-12-21(24)27/h4-10,13H,11-12,14H2,1-3H3. The zero-order valence-electron chi connectivity index (χ0n) is 16.7. The molecule has 1 aliphatic rings. The third kappa shape index (κ3) is 4.59. The molecule has 1 aliphatic heterocycles. The molecule has 0 spiro atoms. The smallest absolute Gasteiger partial charge is 0.338 e. The Hall–Kier alpha value is -3.28. The van der Waals surface area contributed by atoms with Crippen LogP contribution in [0.4, 0.5) is 5.69 Å². The lowest BCUT2D eigenvalue weighted by molar-refractivity contribution is -0.121. The van der Waals surface area contributed by atoms with Gasteiger partial charge in [0.15, 0.2) is 12.4 Å². The normalized spacial score (nSPS) is 14.2. The van der Waals surface area contributed by atoms with Crippen molar-refractivity contribution in [2.24, 2.45) is 0 Å². The second kappa shape index (κ2) is 7.99. The van der Waals surface area contributed by atoms with Crippen LogP contribution in [0.1, 0.15) is 59.9 Å². The summed E-state index contributed by atoms with van der Waals surface area (Å²) in [7, 11) is 0. The molecule has 0 unspecified atom stereocenters. The van der Waals surface area contributed by atoms with Gasteiger partial charge in [0.25, 0.3) is 0 Å². The Bertz CT molecular complexity index is 954. The third-order valence-electron chi connectivity index (χ3n) is 4.80. The van der Waals surface area contributed by atoms with Crippen molar-refractivity contribution in [2.45, 2.75) is 39.0 Å². The molecular formula is C23H23NO5. The lowest BCUT2D eigenvalue weighted by atomic mass is 9.86. The van der Waals surface area contributed by atoms with E-state index >= 15 is 0 Å². The zero-order chi connectivity index (χ0) is 21.2. The number of imide groups is 1. The van der Waals surface area contributed by atoms with Crippen LogP contribution in [0.25, 0.3) is 0 Å². The van der Waals surface area contributed by atoms with Crippen molar-refractivity contribution in [3.05, 3.63) is 65.2 Å². The SMILES string of the molecule is CC(C)(C)c1ccc(C(=O)COC(=O)c2cccc(N3C(=O)CCC3=O)c2)cc1. The van der Waals surface area contributed by atoms with E-state index in [4.69, 9.17) is 4.74 Å². The van der Waals surface area contributed by atoms with Crippen molar-refractivity contribution in [1.82, 2.24) is 0 Å². The van der Waals surface area contributed by atoms with Gasteiger partial charge in [-0.2, -0.15) is 0 Å². The third-order valence-corrected chi connectivity index (χ3v) is 4.80. The molecule has 6 nitrogen and oxygen atoms in total. The van der Waals surface area contributed by atoms with E-state index < -0.39 is 5.97 Å². The van der Waals surface area contributed by atoms with Crippen molar-refractivity contribution in [3.63, 3.8) is 0 Å². The van der Waals surface area contributed by atoms with Crippen LogP contribution in [-0.2, 0) is 19.7 Å². The summed E-state index contributed by atoms with van der Waals surface area (Å²) in [6, 6.07) is 13.3. The van der Waals surface area contributed by atoms with E-state index in [2.05, 4.69) is 20.8 Å². The summed E-state index contributed by atoms with van der Waals surface area (Å²) in [6.45, 7) is 5.87. The minimum atomic E-state index is -0.689. The summed E-state index contributed by atoms with van der Waals surface area (Å²) >= 11 is 0. The van der Waals surface area contributed by atoms with Crippen LogP contribution in [0.15, 0.2) is 48.5 Å². The summed E-state index contributed by atoms with van der Waals surface area (Å²) in [5.74, 6) is -1.59. The molecule has 2 aromatic rings. The van der Waals surface area contributed by atoms with Gasteiger partial charge < -0.3 is 4.74 Å². The van der Waals surface area contributed by atoms with Gasteiger partial charge in [-0.15, -0.1) is 0 Å². The summed E-state index contributed by atoms with van der Waals surface area (Å²) in [5, 5.41) is 0. The molecule has 29 heavy (non-hydrogen) atoms. The second-order valence-corrected chi connectivity index (χ2v) is 8.00. The lowest BCUT2D eigenvalue weighted by Crippen LogP contribution is -2.28. The van der Waals surface area contributed by atoms with Crippen LogP contribution in [0, 0.1) is 0 Å². The molecule has 0 N–H and O–H groups in total. The number of nitrogens with zero attached hydrogens (tertiary/aromatic N) is 1. The van der Waals surface area contributed by atoms with Crippen LogP contribution in [0.5, 0.6) is 0 Å². The first-order chi connectivity index (χ1) is 13.7. The maximum absolute atomic E-state index is 12.3. The average Bonchev–Trinajstić information content (AvgIpc) is 3.03. The maximum atomic E-state index is 12.3. The molecule has 0 aliphatic carbocycles. The highest BCUT2D eigenvalue weighted by Gasteiger charge is 2.30. The highest BCUT2D eigenvalue weighted by atomic mass is 16.5. The molecule has 0 bridgehead atoms. The summed E-state index contributed by atoms with van der Waals surface area (Å²) in [6.07, 6.45) is 0.325. The number of hydrogen-bond donors (Lipinski definition) is 0. The first kappa shape index (κ1) is 20.5. The van der Waals surface area contributed by atoms with E-state index in [1.807, 2.05) is 12.1 Å². The average molecular weight is 393 g/mol. The van der Waals surface area contributed by atoms with Gasteiger partial charge >= 0.3 is 5.97 Å². The van der Waals surface area contributed by atoms with Gasteiger partial charge in [-0.25, -0.2) is 4.79 Å². The van der Waals surface area contributed by atoms with E-state index in [0.29, 0.717) is 11.3 Å². The maximum Gasteiger partial charge on any atom is 0.338 e. The molecule has 1 heterocycles. The zero-order valence-corrected chi connectivity index (χ0v) is 16.7. The predicted molar refractivity (Wildman–Crippen MR) is 108 cm³/mol. The Morgan fingerprint density at radius 3 is 2.14 bits per heavy atom. The number of carbonyl (C=O) groups is 4. The predicted octanol–water partition coefficient (Wildman–Crippen LogP) is 3.68. The molecule has 0 atom stereocenters. The second-order valence-electron chi connectivity index (χ2n) is 8.00. The molecule has 3 rings (SSSR count). The Kier molecular flexibility index (Phi) is 5.64. The van der Waals surface area contributed by atoms with Gasteiger partial charge in [-0.05, 0) is 29.2 Å². The molecule has 2 aromatic carbocycles. The van der Waals surface area contributed by atoms with Crippen LogP contribution >= 0.6 is 0 Å². The monoisotopic (exact) mass is 393 g/mol. The molecule has 1 saturated heterocycles. The van der Waals surface area contributed by atoms with Gasteiger partial charge in [0, 0.05) is 18.4 Å². The van der Waals surface area contributed by atoms with Crippen molar-refractivity contribution >= 4 is 29.3 Å². The molecule has 0 radical (unpaired) electrons. The van der Waals surface area contributed by atoms with Crippen LogP contribution in [-0.4, -0.2) is 30.2 Å². The van der Waals surface area contributed by atoms with Crippen LogP contribution in [0.2, 0.25) is 0 Å². The quantitative estimate of drug-likeness (QED) is 0.440. The topological polar surface area (TPSA) is 80.8 Å². The fraction of sp³-hybridized carbons (Fsp3) is 0.304. The Morgan fingerprint density at radius 2 is 1.55 bits per heavy atom.